The van der Waals surface area contributed by atoms with Crippen LogP contribution >= 0.6 is 23.6 Å². The predicted molar refractivity (Wildman–Crippen MR) is 99.8 cm³/mol. The van der Waals surface area contributed by atoms with Gasteiger partial charge in [0.1, 0.15) is 10.8 Å². The van der Waals surface area contributed by atoms with Crippen LogP contribution in [0.3, 0.4) is 0 Å². The quantitative estimate of drug-likeness (QED) is 0.623. The number of hydrogen-bond donors (Lipinski definition) is 0. The summed E-state index contributed by atoms with van der Waals surface area (Å²) in [5.41, 5.74) is 1.08. The molecule has 3 aromatic rings. The van der Waals surface area contributed by atoms with Crippen LogP contribution in [0.1, 0.15) is 36.5 Å². The van der Waals surface area contributed by atoms with E-state index in [1.165, 1.54) is 17.5 Å². The third-order valence-electron chi connectivity index (χ3n) is 4.33. The summed E-state index contributed by atoms with van der Waals surface area (Å²) < 4.78 is 6.21. The highest BCUT2D eigenvalue weighted by Gasteiger charge is 2.29. The van der Waals surface area contributed by atoms with Gasteiger partial charge in [0, 0.05) is 12.5 Å². The molecule has 0 N–H and O–H groups in total. The van der Waals surface area contributed by atoms with Gasteiger partial charge in [-0.3, -0.25) is 4.90 Å². The lowest BCUT2D eigenvalue weighted by Gasteiger charge is -2.14. The maximum absolute atomic E-state index is 5.62. The van der Waals surface area contributed by atoms with Gasteiger partial charge >= 0.3 is 0 Å². The zero-order valence-corrected chi connectivity index (χ0v) is 15.6. The van der Waals surface area contributed by atoms with Crippen LogP contribution in [0, 0.1) is 4.77 Å². The Morgan fingerprint density at radius 3 is 2.83 bits per heavy atom. The molecular weight excluding hydrogens is 338 g/mol. The van der Waals surface area contributed by atoms with E-state index < -0.39 is 0 Å². The Labute approximate surface area is 150 Å². The zero-order chi connectivity index (χ0) is 16.7. The molecule has 4 rings (SSSR count). The molecule has 5 nitrogen and oxygen atoms in total. The van der Waals surface area contributed by atoms with Gasteiger partial charge in [-0.1, -0.05) is 12.1 Å². The van der Waals surface area contributed by atoms with Crippen LogP contribution in [0.4, 0.5) is 0 Å². The van der Waals surface area contributed by atoms with Gasteiger partial charge in [-0.15, -0.1) is 11.3 Å². The molecule has 0 bridgehead atoms. The normalized spacial score (nSPS) is 14.8. The van der Waals surface area contributed by atoms with Crippen LogP contribution in [0.25, 0.3) is 10.2 Å². The Hall–Kier alpha value is -1.57. The van der Waals surface area contributed by atoms with Gasteiger partial charge in [-0.05, 0) is 51.2 Å². The summed E-state index contributed by atoms with van der Waals surface area (Å²) in [6.07, 6.45) is 2.49. The molecule has 7 heteroatoms. The van der Waals surface area contributed by atoms with E-state index in [0.717, 1.165) is 34.2 Å². The van der Waals surface area contributed by atoms with E-state index >= 15 is 0 Å². The lowest BCUT2D eigenvalue weighted by molar-refractivity contribution is 0.243. The summed E-state index contributed by atoms with van der Waals surface area (Å²) in [4.78, 5) is 6.93. The van der Waals surface area contributed by atoms with E-state index in [1.807, 2.05) is 10.7 Å². The van der Waals surface area contributed by atoms with Crippen molar-refractivity contribution in [2.45, 2.75) is 45.4 Å². The van der Waals surface area contributed by atoms with Gasteiger partial charge < -0.3 is 4.57 Å². The van der Waals surface area contributed by atoms with Crippen molar-refractivity contribution in [2.75, 3.05) is 7.05 Å². The number of nitrogens with zero attached hydrogens (tertiary/aromatic N) is 5. The molecule has 1 fully saturated rings. The molecule has 0 spiro atoms. The molecule has 0 radical (unpaired) electrons. The summed E-state index contributed by atoms with van der Waals surface area (Å²) in [5.74, 6) is 1.78. The first kappa shape index (κ1) is 15.9. The van der Waals surface area contributed by atoms with Crippen LogP contribution in [-0.4, -0.2) is 31.3 Å². The molecule has 1 aliphatic carbocycles. The number of fused-ring (bicyclic) bond motifs is 1. The van der Waals surface area contributed by atoms with Crippen molar-refractivity contribution >= 4 is 33.8 Å². The third-order valence-corrected chi connectivity index (χ3v) is 5.78. The minimum atomic E-state index is 0.613. The lowest BCUT2D eigenvalue weighted by Crippen LogP contribution is -2.22. The molecule has 24 heavy (non-hydrogen) atoms. The van der Waals surface area contributed by atoms with E-state index in [2.05, 4.69) is 41.6 Å². The van der Waals surface area contributed by atoms with E-state index in [-0.39, 0.29) is 0 Å². The highest BCUT2D eigenvalue weighted by atomic mass is 32.1. The van der Waals surface area contributed by atoms with Crippen molar-refractivity contribution in [1.29, 1.82) is 0 Å². The van der Waals surface area contributed by atoms with Crippen LogP contribution < -0.4 is 0 Å². The number of rotatable bonds is 6. The Bertz CT molecular complexity index is 886. The van der Waals surface area contributed by atoms with Gasteiger partial charge in [0.25, 0.3) is 0 Å². The van der Waals surface area contributed by atoms with E-state index in [9.17, 15) is 0 Å². The number of thiazole rings is 1. The number of benzene rings is 1. The standard InChI is InChI=1S/C17H21N5S2/c1-3-21-16(12-8-9-12)19-22(17(21)23)11-20(2)10-15-18-13-6-4-5-7-14(13)24-15/h4-7,12H,3,8-11H2,1-2H3. The summed E-state index contributed by atoms with van der Waals surface area (Å²) in [6.45, 7) is 4.53. The molecular formula is C17H21N5S2. The SMILES string of the molecule is CCn1c(C2CC2)nn(CN(C)Cc2nc3ccccc3s2)c1=S. The Morgan fingerprint density at radius 1 is 1.33 bits per heavy atom. The van der Waals surface area contributed by atoms with E-state index in [0.29, 0.717) is 12.6 Å². The second kappa shape index (κ2) is 6.38. The third kappa shape index (κ3) is 3.03. The summed E-state index contributed by atoms with van der Waals surface area (Å²) in [6, 6.07) is 8.28. The van der Waals surface area contributed by atoms with E-state index in [1.54, 1.807) is 11.3 Å². The first-order chi connectivity index (χ1) is 11.7. The molecule has 0 aliphatic heterocycles. The summed E-state index contributed by atoms with van der Waals surface area (Å²) in [7, 11) is 2.09. The van der Waals surface area contributed by atoms with Crippen molar-refractivity contribution in [3.05, 3.63) is 39.9 Å². The van der Waals surface area contributed by atoms with Crippen molar-refractivity contribution in [1.82, 2.24) is 24.2 Å². The average Bonchev–Trinajstić information content (AvgIpc) is 3.25. The van der Waals surface area contributed by atoms with Gasteiger partial charge in [-0.2, -0.15) is 5.10 Å². The van der Waals surface area contributed by atoms with Gasteiger partial charge in [0.2, 0.25) is 0 Å². The second-order valence-corrected chi connectivity index (χ2v) is 7.87. The average molecular weight is 360 g/mol. The smallest absolute Gasteiger partial charge is 0.199 e. The van der Waals surface area contributed by atoms with Crippen molar-refractivity contribution in [3.63, 3.8) is 0 Å². The molecule has 2 aromatic heterocycles. The van der Waals surface area contributed by atoms with Crippen LogP contribution in [0.2, 0.25) is 0 Å². The summed E-state index contributed by atoms with van der Waals surface area (Å²) >= 11 is 7.37. The van der Waals surface area contributed by atoms with Gasteiger partial charge in [0.15, 0.2) is 4.77 Å². The highest BCUT2D eigenvalue weighted by Crippen LogP contribution is 2.39. The number of para-hydroxylation sites is 1. The number of hydrogen-bond acceptors (Lipinski definition) is 5. The topological polar surface area (TPSA) is 38.9 Å². The molecule has 1 aliphatic rings. The Kier molecular flexibility index (Phi) is 4.24. The monoisotopic (exact) mass is 359 g/mol. The largest absolute Gasteiger partial charge is 0.304 e. The fourth-order valence-electron chi connectivity index (χ4n) is 2.99. The second-order valence-electron chi connectivity index (χ2n) is 6.39. The summed E-state index contributed by atoms with van der Waals surface area (Å²) in [5, 5.41) is 5.91. The highest BCUT2D eigenvalue weighted by molar-refractivity contribution is 7.71. The Morgan fingerprint density at radius 2 is 2.12 bits per heavy atom. The van der Waals surface area contributed by atoms with Crippen molar-refractivity contribution < 1.29 is 0 Å². The predicted octanol–water partition coefficient (Wildman–Crippen LogP) is 4.01. The van der Waals surface area contributed by atoms with Gasteiger partial charge in [-0.25, -0.2) is 9.67 Å². The maximum Gasteiger partial charge on any atom is 0.199 e. The van der Waals surface area contributed by atoms with Crippen LogP contribution in [0.15, 0.2) is 24.3 Å². The molecule has 0 saturated heterocycles. The zero-order valence-electron chi connectivity index (χ0n) is 14.0. The van der Waals surface area contributed by atoms with E-state index in [4.69, 9.17) is 22.3 Å². The van der Waals surface area contributed by atoms with Gasteiger partial charge in [0.05, 0.1) is 23.4 Å². The minimum Gasteiger partial charge on any atom is -0.304 e. The molecule has 2 heterocycles. The van der Waals surface area contributed by atoms with Crippen molar-refractivity contribution in [3.8, 4) is 0 Å². The maximum atomic E-state index is 5.62. The molecule has 0 amide bonds. The van der Waals surface area contributed by atoms with Crippen LogP contribution in [0.5, 0.6) is 0 Å². The van der Waals surface area contributed by atoms with Crippen molar-refractivity contribution in [2.24, 2.45) is 0 Å². The lowest BCUT2D eigenvalue weighted by atomic mass is 10.3. The minimum absolute atomic E-state index is 0.613. The first-order valence-corrected chi connectivity index (χ1v) is 9.58. The molecule has 126 valence electrons. The Balaban J connectivity index is 1.51. The molecule has 0 unspecified atom stereocenters. The fraction of sp³-hybridized carbons (Fsp3) is 0.471. The molecule has 0 atom stereocenters. The first-order valence-electron chi connectivity index (χ1n) is 8.36. The van der Waals surface area contributed by atoms with Crippen LogP contribution in [-0.2, 0) is 19.8 Å². The fourth-order valence-corrected chi connectivity index (χ4v) is 4.36. The molecule has 1 aromatic carbocycles. The molecule has 1 saturated carbocycles. The number of aromatic nitrogens is 4.